The zero-order valence-corrected chi connectivity index (χ0v) is 16.5. The number of fused-ring (bicyclic) bond motifs is 2. The van der Waals surface area contributed by atoms with Crippen LogP contribution in [-0.2, 0) is 4.74 Å². The molecule has 1 aliphatic carbocycles. The van der Waals surface area contributed by atoms with Crippen LogP contribution in [0.3, 0.4) is 0 Å². The number of amidine groups is 1. The second-order valence-electron chi connectivity index (χ2n) is 7.61. The fourth-order valence-electron chi connectivity index (χ4n) is 4.28. The van der Waals surface area contributed by atoms with Crippen LogP contribution in [0.25, 0.3) is 33.6 Å². The van der Waals surface area contributed by atoms with Gasteiger partial charge in [0.25, 0.3) is 0 Å². The molecular formula is C20H22N8O2. The van der Waals surface area contributed by atoms with Gasteiger partial charge in [0.2, 0.25) is 0 Å². The van der Waals surface area contributed by atoms with Gasteiger partial charge in [0.15, 0.2) is 11.5 Å². The fraction of sp³-hybridized carbons (Fsp3) is 0.350. The molecule has 30 heavy (non-hydrogen) atoms. The zero-order valence-electron chi connectivity index (χ0n) is 16.5. The summed E-state index contributed by atoms with van der Waals surface area (Å²) in [6.45, 7) is 0. The molecule has 154 valence electrons. The minimum Gasteiger partial charge on any atom is -0.382 e. The number of hydrogen-bond donors (Lipinski definition) is 4. The lowest BCUT2D eigenvalue weighted by molar-refractivity contribution is 0.0585. The van der Waals surface area contributed by atoms with Crippen molar-refractivity contribution >= 4 is 28.0 Å². The van der Waals surface area contributed by atoms with Gasteiger partial charge in [-0.05, 0) is 43.9 Å². The summed E-state index contributed by atoms with van der Waals surface area (Å²) in [5.74, 6) is 0.185. The average molecular weight is 406 g/mol. The van der Waals surface area contributed by atoms with Gasteiger partial charge in [0, 0.05) is 18.7 Å². The quantitative estimate of drug-likeness (QED) is 0.301. The number of hydrogen-bond acceptors (Lipinski definition) is 6. The monoisotopic (exact) mass is 406 g/mol. The van der Waals surface area contributed by atoms with Crippen LogP contribution in [0.15, 0.2) is 29.3 Å². The van der Waals surface area contributed by atoms with Crippen molar-refractivity contribution in [3.05, 3.63) is 40.7 Å². The number of benzene rings is 1. The summed E-state index contributed by atoms with van der Waals surface area (Å²) in [7, 11) is 1.72. The van der Waals surface area contributed by atoms with Crippen molar-refractivity contribution in [2.24, 2.45) is 5.73 Å². The van der Waals surface area contributed by atoms with Crippen molar-refractivity contribution in [2.45, 2.75) is 37.8 Å². The summed E-state index contributed by atoms with van der Waals surface area (Å²) < 4.78 is 7.15. The van der Waals surface area contributed by atoms with Gasteiger partial charge in [-0.1, -0.05) is 0 Å². The van der Waals surface area contributed by atoms with Gasteiger partial charge in [-0.15, -0.1) is 0 Å². The van der Waals surface area contributed by atoms with Gasteiger partial charge in [0.1, 0.15) is 17.0 Å². The second kappa shape index (κ2) is 7.06. The van der Waals surface area contributed by atoms with E-state index in [-0.39, 0.29) is 29.4 Å². The molecule has 1 aromatic carbocycles. The largest absolute Gasteiger partial charge is 0.382 e. The van der Waals surface area contributed by atoms with E-state index in [9.17, 15) is 4.79 Å². The smallest absolute Gasteiger partial charge is 0.327 e. The van der Waals surface area contributed by atoms with Gasteiger partial charge in [-0.25, -0.2) is 19.7 Å². The summed E-state index contributed by atoms with van der Waals surface area (Å²) in [5, 5.41) is 7.98. The van der Waals surface area contributed by atoms with Gasteiger partial charge >= 0.3 is 5.69 Å². The number of aromatic nitrogens is 6. The Balaban J connectivity index is 1.68. The number of methoxy groups -OCH3 is 1. The molecule has 0 radical (unpaired) electrons. The third kappa shape index (κ3) is 2.96. The Morgan fingerprint density at radius 2 is 2.07 bits per heavy atom. The molecule has 5 N–H and O–H groups in total. The molecule has 0 unspecified atom stereocenters. The van der Waals surface area contributed by atoms with Crippen LogP contribution >= 0.6 is 0 Å². The third-order valence-corrected chi connectivity index (χ3v) is 5.84. The SMILES string of the molecule is COC1CCC(n2c(=O)[nH]c3c(C(=N)N)nc(-c4ccc5nc[nH]c5c4)nc32)CC1. The first kappa shape index (κ1) is 18.5. The topological polar surface area (TPSA) is 151 Å². The third-order valence-electron chi connectivity index (χ3n) is 5.84. The molecule has 0 saturated heterocycles. The molecule has 0 bridgehead atoms. The van der Waals surface area contributed by atoms with E-state index in [4.69, 9.17) is 20.9 Å². The van der Waals surface area contributed by atoms with Crippen LogP contribution in [-0.4, -0.2) is 48.5 Å². The lowest BCUT2D eigenvalue weighted by Crippen LogP contribution is -2.28. The summed E-state index contributed by atoms with van der Waals surface area (Å²) in [4.78, 5) is 32.2. The van der Waals surface area contributed by atoms with E-state index in [1.165, 1.54) is 0 Å². The standard InChI is InChI=1S/C20H22N8O2/c1-30-12-5-3-11(4-6-12)28-19-16(26-20(28)29)15(17(21)22)25-18(27-19)10-2-7-13-14(8-10)24-9-23-13/h2,7-9,11-12H,3-6H2,1H3,(H3,21,22)(H,23,24)(H,26,29). The fourth-order valence-corrected chi connectivity index (χ4v) is 4.28. The maximum atomic E-state index is 12.8. The maximum absolute atomic E-state index is 12.8. The van der Waals surface area contributed by atoms with E-state index in [1.807, 2.05) is 18.2 Å². The number of aromatic amines is 2. The van der Waals surface area contributed by atoms with Crippen LogP contribution in [0.5, 0.6) is 0 Å². The molecule has 0 spiro atoms. The van der Waals surface area contributed by atoms with Crippen molar-refractivity contribution in [3.8, 4) is 11.4 Å². The number of nitrogens with two attached hydrogens (primary N) is 1. The second-order valence-corrected chi connectivity index (χ2v) is 7.61. The normalized spacial score (nSPS) is 19.5. The van der Waals surface area contributed by atoms with Gasteiger partial charge in [-0.3, -0.25) is 9.98 Å². The van der Waals surface area contributed by atoms with Crippen LogP contribution in [0.2, 0.25) is 0 Å². The lowest BCUT2D eigenvalue weighted by atomic mass is 9.93. The molecule has 3 aromatic heterocycles. The summed E-state index contributed by atoms with van der Waals surface area (Å²) >= 11 is 0. The van der Waals surface area contributed by atoms with Crippen LogP contribution < -0.4 is 11.4 Å². The number of nitrogens with zero attached hydrogens (tertiary/aromatic N) is 4. The number of ether oxygens (including phenoxy) is 1. The van der Waals surface area contributed by atoms with Crippen LogP contribution in [0.4, 0.5) is 0 Å². The Bertz CT molecular complexity index is 1310. The minimum atomic E-state index is -0.260. The van der Waals surface area contributed by atoms with Gasteiger partial charge in [-0.2, -0.15) is 0 Å². The van der Waals surface area contributed by atoms with E-state index in [1.54, 1.807) is 18.0 Å². The molecule has 0 atom stereocenters. The molecule has 1 saturated carbocycles. The van der Waals surface area contributed by atoms with E-state index >= 15 is 0 Å². The maximum Gasteiger partial charge on any atom is 0.327 e. The van der Waals surface area contributed by atoms with Crippen molar-refractivity contribution in [3.63, 3.8) is 0 Å². The van der Waals surface area contributed by atoms with E-state index in [0.717, 1.165) is 42.3 Å². The first-order valence-electron chi connectivity index (χ1n) is 9.88. The molecule has 0 aliphatic heterocycles. The highest BCUT2D eigenvalue weighted by molar-refractivity contribution is 6.03. The molecule has 0 amide bonds. The van der Waals surface area contributed by atoms with E-state index in [0.29, 0.717) is 17.0 Å². The van der Waals surface area contributed by atoms with E-state index in [2.05, 4.69) is 19.9 Å². The van der Waals surface area contributed by atoms with Crippen molar-refractivity contribution in [1.29, 1.82) is 5.41 Å². The predicted octanol–water partition coefficient (Wildman–Crippen LogP) is 2.08. The van der Waals surface area contributed by atoms with Crippen LogP contribution in [0, 0.1) is 5.41 Å². The Morgan fingerprint density at radius 3 is 2.80 bits per heavy atom. The molecule has 1 fully saturated rings. The molecule has 5 rings (SSSR count). The highest BCUT2D eigenvalue weighted by Crippen LogP contribution is 2.31. The number of rotatable bonds is 4. The van der Waals surface area contributed by atoms with Crippen molar-refractivity contribution in [1.82, 2.24) is 29.5 Å². The number of nitrogens with one attached hydrogen (secondary N) is 3. The first-order chi connectivity index (χ1) is 14.5. The Morgan fingerprint density at radius 1 is 1.27 bits per heavy atom. The number of imidazole rings is 2. The number of nitrogen functional groups attached to an aromatic ring is 1. The Kier molecular flexibility index (Phi) is 4.35. The first-order valence-corrected chi connectivity index (χ1v) is 9.88. The Labute approximate surface area is 171 Å². The van der Waals surface area contributed by atoms with Crippen LogP contribution in [0.1, 0.15) is 37.4 Å². The minimum absolute atomic E-state index is 0.00953. The highest BCUT2D eigenvalue weighted by Gasteiger charge is 2.27. The molecule has 1 aliphatic rings. The molecule has 10 heteroatoms. The zero-order chi connectivity index (χ0) is 20.8. The predicted molar refractivity (Wildman–Crippen MR) is 113 cm³/mol. The Hall–Kier alpha value is -3.53. The van der Waals surface area contributed by atoms with Crippen molar-refractivity contribution in [2.75, 3.05) is 7.11 Å². The van der Waals surface area contributed by atoms with Gasteiger partial charge < -0.3 is 20.4 Å². The van der Waals surface area contributed by atoms with Gasteiger partial charge in [0.05, 0.1) is 23.5 Å². The molecule has 4 aromatic rings. The lowest BCUT2D eigenvalue weighted by Gasteiger charge is -2.28. The molecular weight excluding hydrogens is 384 g/mol. The summed E-state index contributed by atoms with van der Waals surface area (Å²) in [5.41, 5.74) is 9.07. The molecule has 10 nitrogen and oxygen atoms in total. The van der Waals surface area contributed by atoms with E-state index < -0.39 is 0 Å². The summed E-state index contributed by atoms with van der Waals surface area (Å²) in [6.07, 6.45) is 5.25. The molecule has 3 heterocycles. The average Bonchev–Trinajstić information content (AvgIpc) is 3.35. The van der Waals surface area contributed by atoms with Crippen molar-refractivity contribution < 1.29 is 4.74 Å². The number of H-pyrrole nitrogens is 2. The highest BCUT2D eigenvalue weighted by atomic mass is 16.5. The summed E-state index contributed by atoms with van der Waals surface area (Å²) in [6, 6.07) is 5.65.